The van der Waals surface area contributed by atoms with Gasteiger partial charge in [0.1, 0.15) is 5.01 Å². The third kappa shape index (κ3) is 1.59. The number of benzene rings is 1. The molecule has 0 spiro atoms. The molecule has 0 amide bonds. The molecule has 0 aliphatic rings. The fourth-order valence-electron chi connectivity index (χ4n) is 1.28. The summed E-state index contributed by atoms with van der Waals surface area (Å²) in [4.78, 5) is 15.4. The van der Waals surface area contributed by atoms with Crippen LogP contribution in [0.1, 0.15) is 15.2 Å². The van der Waals surface area contributed by atoms with E-state index in [0.29, 0.717) is 4.88 Å². The van der Waals surface area contributed by atoms with Gasteiger partial charge >= 0.3 is 0 Å². The van der Waals surface area contributed by atoms with Crippen molar-refractivity contribution in [1.29, 1.82) is 0 Å². The largest absolute Gasteiger partial charge is 0.297 e. The number of carbonyl (C=O) groups excluding carboxylic acids is 1. The molecule has 0 aliphatic heterocycles. The summed E-state index contributed by atoms with van der Waals surface area (Å²) < 4.78 is 0. The van der Waals surface area contributed by atoms with Gasteiger partial charge in [-0.15, -0.1) is 11.3 Å². The molecule has 2 rings (SSSR count). The van der Waals surface area contributed by atoms with Crippen LogP contribution in [0.4, 0.5) is 0 Å². The summed E-state index contributed by atoms with van der Waals surface area (Å²) in [7, 11) is 0. The Morgan fingerprint density at radius 2 is 2.14 bits per heavy atom. The van der Waals surface area contributed by atoms with E-state index in [4.69, 9.17) is 0 Å². The smallest absolute Gasteiger partial charge is 0.161 e. The van der Waals surface area contributed by atoms with Gasteiger partial charge in [-0.1, -0.05) is 24.3 Å². The molecule has 0 fully saturated rings. The van der Waals surface area contributed by atoms with Crippen molar-refractivity contribution >= 4 is 17.6 Å². The molecule has 0 bridgehead atoms. The highest BCUT2D eigenvalue weighted by molar-refractivity contribution is 7.16. The van der Waals surface area contributed by atoms with Gasteiger partial charge in [0.05, 0.1) is 4.88 Å². The Balaban J connectivity index is 2.49. The van der Waals surface area contributed by atoms with E-state index < -0.39 is 0 Å². The highest BCUT2D eigenvalue weighted by Crippen LogP contribution is 2.26. The third-order valence-electron chi connectivity index (χ3n) is 2.02. The topological polar surface area (TPSA) is 30.0 Å². The molecule has 14 heavy (non-hydrogen) atoms. The maximum Gasteiger partial charge on any atom is 0.161 e. The van der Waals surface area contributed by atoms with E-state index in [1.54, 1.807) is 6.20 Å². The van der Waals surface area contributed by atoms with Gasteiger partial charge in [0.25, 0.3) is 0 Å². The number of aromatic nitrogens is 1. The minimum Gasteiger partial charge on any atom is -0.297 e. The zero-order valence-corrected chi connectivity index (χ0v) is 8.54. The van der Waals surface area contributed by atoms with E-state index in [9.17, 15) is 4.79 Å². The predicted octanol–water partition coefficient (Wildman–Crippen LogP) is 2.93. The summed E-state index contributed by atoms with van der Waals surface area (Å²) in [6, 6.07) is 8.03. The highest BCUT2D eigenvalue weighted by Gasteiger charge is 2.05. The van der Waals surface area contributed by atoms with Crippen LogP contribution in [0.3, 0.4) is 0 Å². The van der Waals surface area contributed by atoms with Crippen LogP contribution in [0.25, 0.3) is 10.6 Å². The van der Waals surface area contributed by atoms with Crippen molar-refractivity contribution in [1.82, 2.24) is 4.98 Å². The van der Waals surface area contributed by atoms with Crippen LogP contribution in [0, 0.1) is 6.92 Å². The molecule has 2 aromatic rings. The molecule has 2 nitrogen and oxygen atoms in total. The normalized spacial score (nSPS) is 10.1. The number of thiazole rings is 1. The molecular weight excluding hydrogens is 194 g/mol. The number of aryl methyl sites for hydroxylation is 1. The molecule has 1 heterocycles. The Kier molecular flexibility index (Phi) is 2.41. The van der Waals surface area contributed by atoms with E-state index in [0.717, 1.165) is 16.9 Å². The lowest BCUT2D eigenvalue weighted by Crippen LogP contribution is -1.79. The summed E-state index contributed by atoms with van der Waals surface area (Å²) in [5.74, 6) is 0. The molecule has 0 aliphatic carbocycles. The van der Waals surface area contributed by atoms with Crippen LogP contribution in [0.15, 0.2) is 30.5 Å². The maximum absolute atomic E-state index is 10.5. The van der Waals surface area contributed by atoms with Gasteiger partial charge in [0, 0.05) is 11.8 Å². The lowest BCUT2D eigenvalue weighted by atomic mass is 10.1. The second-order valence-corrected chi connectivity index (χ2v) is 4.06. The van der Waals surface area contributed by atoms with E-state index in [1.807, 2.05) is 31.2 Å². The molecular formula is C11H9NOS. The summed E-state index contributed by atoms with van der Waals surface area (Å²) >= 11 is 1.42. The average molecular weight is 203 g/mol. The van der Waals surface area contributed by atoms with Crippen LogP contribution in [-0.4, -0.2) is 11.3 Å². The summed E-state index contributed by atoms with van der Waals surface area (Å²) in [6.07, 6.45) is 2.44. The van der Waals surface area contributed by atoms with Crippen LogP contribution in [0.5, 0.6) is 0 Å². The van der Waals surface area contributed by atoms with E-state index >= 15 is 0 Å². The highest BCUT2D eigenvalue weighted by atomic mass is 32.1. The van der Waals surface area contributed by atoms with Crippen LogP contribution in [0.2, 0.25) is 0 Å². The molecule has 0 radical (unpaired) electrons. The number of rotatable bonds is 2. The molecule has 0 saturated heterocycles. The molecule has 1 aromatic carbocycles. The Hall–Kier alpha value is -1.48. The van der Waals surface area contributed by atoms with Crippen molar-refractivity contribution in [3.8, 4) is 10.6 Å². The number of hydrogen-bond acceptors (Lipinski definition) is 3. The molecule has 0 saturated carbocycles. The lowest BCUT2D eigenvalue weighted by molar-refractivity contribution is 0.112. The fourth-order valence-corrected chi connectivity index (χ4v) is 2.10. The minimum absolute atomic E-state index is 0.670. The Labute approximate surface area is 86.2 Å². The molecule has 0 N–H and O–H groups in total. The van der Waals surface area contributed by atoms with Gasteiger partial charge < -0.3 is 0 Å². The average Bonchev–Trinajstić information content (AvgIpc) is 2.67. The van der Waals surface area contributed by atoms with E-state index in [1.165, 1.54) is 16.9 Å². The number of aldehydes is 1. The second-order valence-electron chi connectivity index (χ2n) is 3.00. The van der Waals surface area contributed by atoms with Gasteiger partial charge in [-0.3, -0.25) is 4.79 Å². The summed E-state index contributed by atoms with van der Waals surface area (Å²) in [5, 5.41) is 0.908. The SMILES string of the molecule is Cc1ccccc1-c1ncc(C=O)s1. The monoisotopic (exact) mass is 203 g/mol. The molecule has 3 heteroatoms. The maximum atomic E-state index is 10.5. The standard InChI is InChI=1S/C11H9NOS/c1-8-4-2-3-5-10(8)11-12-6-9(7-13)14-11/h2-7H,1H3. The summed E-state index contributed by atoms with van der Waals surface area (Å²) in [5.41, 5.74) is 2.28. The minimum atomic E-state index is 0.670. The Bertz CT molecular complexity index is 462. The molecule has 0 unspecified atom stereocenters. The van der Waals surface area contributed by atoms with Crippen molar-refractivity contribution in [3.63, 3.8) is 0 Å². The first-order valence-corrected chi connectivity index (χ1v) is 5.10. The van der Waals surface area contributed by atoms with Gasteiger partial charge in [0.2, 0.25) is 0 Å². The van der Waals surface area contributed by atoms with Gasteiger partial charge in [0.15, 0.2) is 6.29 Å². The van der Waals surface area contributed by atoms with Crippen LogP contribution in [-0.2, 0) is 0 Å². The number of hydrogen-bond donors (Lipinski definition) is 0. The Morgan fingerprint density at radius 3 is 2.79 bits per heavy atom. The fraction of sp³-hybridized carbons (Fsp3) is 0.0909. The van der Waals surface area contributed by atoms with Crippen LogP contribution < -0.4 is 0 Å². The quantitative estimate of drug-likeness (QED) is 0.702. The zero-order chi connectivity index (χ0) is 9.97. The van der Waals surface area contributed by atoms with Crippen molar-refractivity contribution in [2.45, 2.75) is 6.92 Å². The number of nitrogens with zero attached hydrogens (tertiary/aromatic N) is 1. The van der Waals surface area contributed by atoms with E-state index in [2.05, 4.69) is 4.98 Å². The van der Waals surface area contributed by atoms with Crippen molar-refractivity contribution in [2.24, 2.45) is 0 Å². The second kappa shape index (κ2) is 3.72. The zero-order valence-electron chi connectivity index (χ0n) is 7.73. The predicted molar refractivity (Wildman–Crippen MR) is 57.7 cm³/mol. The lowest BCUT2D eigenvalue weighted by Gasteiger charge is -1.99. The van der Waals surface area contributed by atoms with Crippen molar-refractivity contribution < 1.29 is 4.79 Å². The molecule has 1 aromatic heterocycles. The Morgan fingerprint density at radius 1 is 1.36 bits per heavy atom. The van der Waals surface area contributed by atoms with Gasteiger partial charge in [-0.2, -0.15) is 0 Å². The molecule has 0 atom stereocenters. The first-order chi connectivity index (χ1) is 6.81. The van der Waals surface area contributed by atoms with Gasteiger partial charge in [-0.25, -0.2) is 4.98 Å². The first-order valence-electron chi connectivity index (χ1n) is 4.28. The molecule has 70 valence electrons. The number of carbonyl (C=O) groups is 1. The van der Waals surface area contributed by atoms with Crippen molar-refractivity contribution in [2.75, 3.05) is 0 Å². The third-order valence-corrected chi connectivity index (χ3v) is 2.97. The summed E-state index contributed by atoms with van der Waals surface area (Å²) in [6.45, 7) is 2.04. The van der Waals surface area contributed by atoms with Crippen LogP contribution >= 0.6 is 11.3 Å². The first kappa shape index (κ1) is 9.09. The van der Waals surface area contributed by atoms with E-state index in [-0.39, 0.29) is 0 Å². The van der Waals surface area contributed by atoms with Gasteiger partial charge in [-0.05, 0) is 12.5 Å². The van der Waals surface area contributed by atoms with Crippen molar-refractivity contribution in [3.05, 3.63) is 40.9 Å².